The molecule has 324 valence electrons. The lowest BCUT2D eigenvalue weighted by atomic mass is 9.88. The van der Waals surface area contributed by atoms with Crippen LogP contribution in [0.25, 0.3) is 66.8 Å². The monoisotopic (exact) mass is 845 g/mol. The number of aryl methyl sites for hydroxylation is 5. The summed E-state index contributed by atoms with van der Waals surface area (Å²) in [5.41, 5.74) is 24.9. The molecular formula is C65H64. The van der Waals surface area contributed by atoms with Gasteiger partial charge in [-0.05, 0) is 154 Å². The van der Waals surface area contributed by atoms with E-state index in [1.165, 1.54) is 106 Å². The van der Waals surface area contributed by atoms with Gasteiger partial charge in [-0.2, -0.15) is 0 Å². The third-order valence-electron chi connectivity index (χ3n) is 13.0. The van der Waals surface area contributed by atoms with Crippen molar-refractivity contribution < 1.29 is 0 Å². The van der Waals surface area contributed by atoms with E-state index in [0.29, 0.717) is 11.8 Å². The lowest BCUT2D eigenvalue weighted by molar-refractivity contribution is 0.535. The molecule has 0 heterocycles. The Bertz CT molecular complexity index is 2910. The molecular weight excluding hydrogens is 781 g/mol. The summed E-state index contributed by atoms with van der Waals surface area (Å²) in [7, 11) is 0. The zero-order chi connectivity index (χ0) is 45.9. The van der Waals surface area contributed by atoms with Crippen LogP contribution in [0.15, 0.2) is 212 Å². The van der Waals surface area contributed by atoms with Crippen molar-refractivity contribution in [1.29, 1.82) is 0 Å². The zero-order valence-corrected chi connectivity index (χ0v) is 39.9. The van der Waals surface area contributed by atoms with Crippen LogP contribution in [0.3, 0.4) is 0 Å². The lowest BCUT2D eigenvalue weighted by Gasteiger charge is -2.17. The van der Waals surface area contributed by atoms with E-state index < -0.39 is 0 Å². The van der Waals surface area contributed by atoms with Gasteiger partial charge in [0.05, 0.1) is 0 Å². The van der Waals surface area contributed by atoms with Gasteiger partial charge in [-0.25, -0.2) is 0 Å². The minimum atomic E-state index is 0.592. The Labute approximate surface area is 390 Å². The second-order valence-corrected chi connectivity index (χ2v) is 18.0. The normalized spacial score (nSPS) is 11.2. The first kappa shape index (κ1) is 46.0. The van der Waals surface area contributed by atoms with Gasteiger partial charge in [0.2, 0.25) is 0 Å². The van der Waals surface area contributed by atoms with E-state index >= 15 is 0 Å². The van der Waals surface area contributed by atoms with Gasteiger partial charge in [0.1, 0.15) is 0 Å². The van der Waals surface area contributed by atoms with E-state index in [0.717, 1.165) is 0 Å². The Kier molecular flexibility index (Phi) is 15.3. The van der Waals surface area contributed by atoms with Crippen LogP contribution in [0.4, 0.5) is 0 Å². The van der Waals surface area contributed by atoms with E-state index in [-0.39, 0.29) is 0 Å². The summed E-state index contributed by atoms with van der Waals surface area (Å²) in [6, 6.07) is 76.3. The molecule has 9 aromatic carbocycles. The fraction of sp³-hybridized carbons (Fsp3) is 0.169. The van der Waals surface area contributed by atoms with Crippen molar-refractivity contribution in [2.75, 3.05) is 0 Å². The van der Waals surface area contributed by atoms with E-state index in [9.17, 15) is 0 Å². The van der Waals surface area contributed by atoms with Crippen LogP contribution in [0.2, 0.25) is 0 Å². The van der Waals surface area contributed by atoms with Crippen molar-refractivity contribution in [1.82, 2.24) is 0 Å². The van der Waals surface area contributed by atoms with Crippen molar-refractivity contribution in [3.8, 4) is 66.8 Å². The standard InChI is InChI=1S/C25H28.C21H20.C19H16/c1-17(2)20(5)21-12-14-22(15-13-21)23-11-10-19(4)25(16-23)24-9-7-6-8-18(24)3;1-15-11-13-18(14-12-15)20-9-6-10-21(17(20)3)19-8-5-4-7-16(19)2;1-15-7-9-17(10-8-15)19-13-11-18(12-14-19)16-5-3-2-4-6-16/h6-17,20H,1-5H3;4-14H,1-3H3;2-14H,1H3. The van der Waals surface area contributed by atoms with Crippen LogP contribution in [0.5, 0.6) is 0 Å². The predicted molar refractivity (Wildman–Crippen MR) is 284 cm³/mol. The zero-order valence-electron chi connectivity index (χ0n) is 39.9. The smallest absolute Gasteiger partial charge is 0.0146 e. The first-order chi connectivity index (χ1) is 31.5. The maximum Gasteiger partial charge on any atom is -0.0146 e. The molecule has 0 nitrogen and oxygen atoms in total. The van der Waals surface area contributed by atoms with Gasteiger partial charge in [-0.1, -0.05) is 238 Å². The quantitative estimate of drug-likeness (QED) is 0.143. The van der Waals surface area contributed by atoms with Crippen LogP contribution in [-0.4, -0.2) is 0 Å². The van der Waals surface area contributed by atoms with Gasteiger partial charge in [-0.15, -0.1) is 0 Å². The fourth-order valence-corrected chi connectivity index (χ4v) is 8.41. The van der Waals surface area contributed by atoms with Crippen molar-refractivity contribution in [2.24, 2.45) is 5.92 Å². The third kappa shape index (κ3) is 11.6. The topological polar surface area (TPSA) is 0 Å². The third-order valence-corrected chi connectivity index (χ3v) is 13.0. The molecule has 9 rings (SSSR count). The lowest BCUT2D eigenvalue weighted by Crippen LogP contribution is -2.01. The molecule has 65 heavy (non-hydrogen) atoms. The molecule has 0 amide bonds. The van der Waals surface area contributed by atoms with E-state index in [2.05, 4.69) is 269 Å². The molecule has 0 radical (unpaired) electrons. The molecule has 0 saturated heterocycles. The highest BCUT2D eigenvalue weighted by Crippen LogP contribution is 2.35. The largest absolute Gasteiger partial charge is 0.0622 e. The van der Waals surface area contributed by atoms with Crippen LogP contribution in [0.1, 0.15) is 65.6 Å². The first-order valence-corrected chi connectivity index (χ1v) is 23.2. The van der Waals surface area contributed by atoms with E-state index in [1.54, 1.807) is 0 Å². The molecule has 0 aliphatic heterocycles. The van der Waals surface area contributed by atoms with Crippen molar-refractivity contribution in [2.45, 2.75) is 68.2 Å². The molecule has 0 aliphatic rings. The Balaban J connectivity index is 0.000000147. The van der Waals surface area contributed by atoms with Crippen molar-refractivity contribution in [3.63, 3.8) is 0 Å². The molecule has 0 N–H and O–H groups in total. The summed E-state index contributed by atoms with van der Waals surface area (Å²) in [5.74, 6) is 1.26. The van der Waals surface area contributed by atoms with Gasteiger partial charge in [0.25, 0.3) is 0 Å². The van der Waals surface area contributed by atoms with Gasteiger partial charge < -0.3 is 0 Å². The number of benzene rings is 9. The van der Waals surface area contributed by atoms with Gasteiger partial charge in [0.15, 0.2) is 0 Å². The fourth-order valence-electron chi connectivity index (χ4n) is 8.41. The molecule has 0 bridgehead atoms. The summed E-state index contributed by atoms with van der Waals surface area (Å²) in [6.07, 6.45) is 0. The summed E-state index contributed by atoms with van der Waals surface area (Å²) in [6.45, 7) is 19.9. The molecule has 0 aromatic heterocycles. The molecule has 9 aromatic rings. The molecule has 1 atom stereocenters. The SMILES string of the molecule is Cc1ccc(-c2ccc(-c3ccccc3)cc2)cc1.Cc1ccc(-c2cccc(-c3ccccc3C)c2C)cc1.Cc1ccccc1-c1cc(-c2ccc(C(C)C(C)C)cc2)ccc1C. The summed E-state index contributed by atoms with van der Waals surface area (Å²) in [4.78, 5) is 0. The number of hydrogen-bond donors (Lipinski definition) is 0. The molecule has 0 aliphatic carbocycles. The molecule has 0 fully saturated rings. The van der Waals surface area contributed by atoms with Crippen LogP contribution >= 0.6 is 0 Å². The van der Waals surface area contributed by atoms with E-state index in [1.807, 2.05) is 6.07 Å². The van der Waals surface area contributed by atoms with Crippen molar-refractivity contribution >= 4 is 0 Å². The maximum absolute atomic E-state index is 2.33. The van der Waals surface area contributed by atoms with Gasteiger partial charge >= 0.3 is 0 Å². The molecule has 0 heteroatoms. The second kappa shape index (κ2) is 21.6. The predicted octanol–water partition coefficient (Wildman–Crippen LogP) is 18.7. The Morgan fingerprint density at radius 1 is 0.262 bits per heavy atom. The molecule has 1 unspecified atom stereocenters. The van der Waals surface area contributed by atoms with E-state index in [4.69, 9.17) is 0 Å². The maximum atomic E-state index is 2.33. The first-order valence-electron chi connectivity index (χ1n) is 23.2. The highest BCUT2D eigenvalue weighted by atomic mass is 14.2. The minimum Gasteiger partial charge on any atom is -0.0622 e. The average molecular weight is 845 g/mol. The molecule has 0 saturated carbocycles. The van der Waals surface area contributed by atoms with Gasteiger partial charge in [-0.3, -0.25) is 0 Å². The summed E-state index contributed by atoms with van der Waals surface area (Å²) < 4.78 is 0. The summed E-state index contributed by atoms with van der Waals surface area (Å²) >= 11 is 0. The average Bonchev–Trinajstić information content (AvgIpc) is 3.33. The minimum absolute atomic E-state index is 0.592. The number of rotatable bonds is 8. The Morgan fingerprint density at radius 3 is 1.15 bits per heavy atom. The summed E-state index contributed by atoms with van der Waals surface area (Å²) in [5, 5.41) is 0. The second-order valence-electron chi connectivity index (χ2n) is 18.0. The highest BCUT2D eigenvalue weighted by Gasteiger charge is 2.12. The van der Waals surface area contributed by atoms with Crippen LogP contribution in [-0.2, 0) is 0 Å². The van der Waals surface area contributed by atoms with Crippen molar-refractivity contribution in [3.05, 3.63) is 251 Å². The highest BCUT2D eigenvalue weighted by molar-refractivity contribution is 5.80. The number of hydrogen-bond acceptors (Lipinski definition) is 0. The Hall–Kier alpha value is -7.02. The van der Waals surface area contributed by atoms with Crippen LogP contribution in [0, 0.1) is 47.5 Å². The van der Waals surface area contributed by atoms with Gasteiger partial charge in [0, 0.05) is 0 Å². The Morgan fingerprint density at radius 2 is 0.631 bits per heavy atom. The molecule has 0 spiro atoms. The van der Waals surface area contributed by atoms with Crippen LogP contribution < -0.4 is 0 Å².